The molecule has 0 aliphatic heterocycles. The average Bonchev–Trinajstić information content (AvgIpc) is 2.85. The fraction of sp³-hybridized carbons (Fsp3) is 0.231. The van der Waals surface area contributed by atoms with Crippen LogP contribution in [-0.4, -0.2) is 55.0 Å². The van der Waals surface area contributed by atoms with Crippen LogP contribution in [0.3, 0.4) is 0 Å². The molecule has 1 aliphatic carbocycles. The molecular weight excluding hydrogens is 492 g/mol. The van der Waals surface area contributed by atoms with E-state index in [0.29, 0.717) is 10.9 Å². The van der Waals surface area contributed by atoms with E-state index in [-0.39, 0.29) is 44.0 Å². The summed E-state index contributed by atoms with van der Waals surface area (Å²) in [7, 11) is 3.57. The maximum absolute atomic E-state index is 13.9. The Hall–Kier alpha value is -4.11. The smallest absolute Gasteiger partial charge is 0.338 e. The second-order valence-corrected chi connectivity index (χ2v) is 8.67. The number of rotatable bonds is 4. The SMILES string of the molecule is COC(=O)c1cc2c(c(O)c1C(C)C(=O)OC)C(=O)c1c(O)cc3cc(C)c(Cl)c(OC)c3c1C2=O. The Kier molecular flexibility index (Phi) is 6.13. The van der Waals surface area contributed by atoms with Crippen molar-refractivity contribution in [3.05, 3.63) is 62.2 Å². The summed E-state index contributed by atoms with van der Waals surface area (Å²) < 4.78 is 15.0. The van der Waals surface area contributed by atoms with E-state index in [2.05, 4.69) is 0 Å². The summed E-state index contributed by atoms with van der Waals surface area (Å²) in [4.78, 5) is 52.4. The number of hydrogen-bond acceptors (Lipinski definition) is 9. The average molecular weight is 513 g/mol. The Morgan fingerprint density at radius 3 is 2.19 bits per heavy atom. The third-order valence-corrected chi connectivity index (χ3v) is 6.81. The maximum atomic E-state index is 13.9. The molecule has 0 fully saturated rings. The highest BCUT2D eigenvalue weighted by atomic mass is 35.5. The first-order valence-electron chi connectivity index (χ1n) is 10.7. The summed E-state index contributed by atoms with van der Waals surface area (Å²) in [6.07, 6.45) is 0. The minimum Gasteiger partial charge on any atom is -0.507 e. The summed E-state index contributed by atoms with van der Waals surface area (Å²) in [6, 6.07) is 4.02. The molecule has 3 aromatic carbocycles. The second kappa shape index (κ2) is 8.83. The van der Waals surface area contributed by atoms with E-state index in [9.17, 15) is 29.4 Å². The first-order valence-corrected chi connectivity index (χ1v) is 11.1. The van der Waals surface area contributed by atoms with Gasteiger partial charge < -0.3 is 24.4 Å². The molecule has 36 heavy (non-hydrogen) atoms. The minimum atomic E-state index is -1.19. The van der Waals surface area contributed by atoms with Gasteiger partial charge in [-0.05, 0) is 43.0 Å². The van der Waals surface area contributed by atoms with Crippen LogP contribution in [0.1, 0.15) is 66.2 Å². The Balaban J connectivity index is 2.15. The van der Waals surface area contributed by atoms with Crippen LogP contribution in [0, 0.1) is 6.92 Å². The summed E-state index contributed by atoms with van der Waals surface area (Å²) in [5, 5.41) is 22.7. The highest BCUT2D eigenvalue weighted by Gasteiger charge is 2.41. The number of halogens is 1. The van der Waals surface area contributed by atoms with Crippen LogP contribution in [0.4, 0.5) is 0 Å². The van der Waals surface area contributed by atoms with Crippen molar-refractivity contribution in [2.24, 2.45) is 0 Å². The van der Waals surface area contributed by atoms with Crippen LogP contribution >= 0.6 is 11.6 Å². The molecule has 0 aromatic heterocycles. The molecule has 0 heterocycles. The molecule has 186 valence electrons. The van der Waals surface area contributed by atoms with Crippen molar-refractivity contribution >= 4 is 45.9 Å². The molecule has 1 aliphatic rings. The monoisotopic (exact) mass is 512 g/mol. The maximum Gasteiger partial charge on any atom is 0.338 e. The lowest BCUT2D eigenvalue weighted by atomic mass is 9.77. The molecule has 0 saturated heterocycles. The van der Waals surface area contributed by atoms with Gasteiger partial charge in [0.05, 0.1) is 49.0 Å². The lowest BCUT2D eigenvalue weighted by molar-refractivity contribution is -0.142. The molecule has 0 spiro atoms. The number of methoxy groups -OCH3 is 3. The molecule has 0 radical (unpaired) electrons. The molecule has 4 rings (SSSR count). The highest BCUT2D eigenvalue weighted by Crippen LogP contribution is 2.47. The summed E-state index contributed by atoms with van der Waals surface area (Å²) in [5.74, 6) is -5.71. The number of phenolic OH excluding ortho intramolecular Hbond substituents is 2. The number of carbonyl (C=O) groups excluding carboxylic acids is 4. The predicted molar refractivity (Wildman–Crippen MR) is 129 cm³/mol. The third-order valence-electron chi connectivity index (χ3n) is 6.34. The quantitative estimate of drug-likeness (QED) is 0.388. The summed E-state index contributed by atoms with van der Waals surface area (Å²) >= 11 is 6.42. The molecule has 9 nitrogen and oxygen atoms in total. The molecule has 10 heteroatoms. The number of fused-ring (bicyclic) bond motifs is 4. The zero-order valence-corrected chi connectivity index (χ0v) is 20.7. The number of benzene rings is 3. The number of aromatic hydroxyl groups is 2. The van der Waals surface area contributed by atoms with Crippen molar-refractivity contribution in [1.29, 1.82) is 0 Å². The van der Waals surface area contributed by atoms with Gasteiger partial charge in [-0.3, -0.25) is 14.4 Å². The van der Waals surface area contributed by atoms with Gasteiger partial charge in [-0.1, -0.05) is 11.6 Å². The largest absolute Gasteiger partial charge is 0.507 e. The van der Waals surface area contributed by atoms with Gasteiger partial charge in [0, 0.05) is 22.1 Å². The Bertz CT molecular complexity index is 1520. The number of ether oxygens (including phenoxy) is 3. The lowest BCUT2D eigenvalue weighted by Gasteiger charge is -2.25. The van der Waals surface area contributed by atoms with Gasteiger partial charge in [0.2, 0.25) is 5.78 Å². The van der Waals surface area contributed by atoms with Crippen LogP contribution in [-0.2, 0) is 14.3 Å². The molecule has 3 aromatic rings. The first-order chi connectivity index (χ1) is 17.0. The van der Waals surface area contributed by atoms with Gasteiger partial charge in [-0.25, -0.2) is 4.79 Å². The van der Waals surface area contributed by atoms with Crippen LogP contribution < -0.4 is 4.74 Å². The van der Waals surface area contributed by atoms with Crippen LogP contribution in [0.5, 0.6) is 17.2 Å². The number of esters is 2. The number of ketones is 2. The van der Waals surface area contributed by atoms with Crippen molar-refractivity contribution in [3.8, 4) is 17.2 Å². The number of hydrogen-bond donors (Lipinski definition) is 2. The van der Waals surface area contributed by atoms with Crippen molar-refractivity contribution in [2.45, 2.75) is 19.8 Å². The van der Waals surface area contributed by atoms with Crippen molar-refractivity contribution in [2.75, 3.05) is 21.3 Å². The van der Waals surface area contributed by atoms with Gasteiger partial charge in [-0.2, -0.15) is 0 Å². The van der Waals surface area contributed by atoms with Crippen LogP contribution in [0.15, 0.2) is 18.2 Å². The van der Waals surface area contributed by atoms with E-state index >= 15 is 0 Å². The third kappa shape index (κ3) is 3.38. The standard InChI is InChI=1S/C26H21ClO9/c1-9-6-11-7-14(28)18-19(16(11)24(34-3)20(9)27)21(29)12-8-13(26(33)36-5)15(10(2)25(32)35-4)22(30)17(12)23(18)31/h6-8,10,28,30H,1-5H3. The lowest BCUT2D eigenvalue weighted by Crippen LogP contribution is -2.25. The molecule has 0 saturated carbocycles. The molecule has 2 N–H and O–H groups in total. The molecule has 0 amide bonds. The van der Waals surface area contributed by atoms with Gasteiger partial charge in [0.15, 0.2) is 5.78 Å². The van der Waals surface area contributed by atoms with Gasteiger partial charge in [0.25, 0.3) is 0 Å². The fourth-order valence-corrected chi connectivity index (χ4v) is 4.87. The van der Waals surface area contributed by atoms with Crippen LogP contribution in [0.2, 0.25) is 5.02 Å². The molecule has 1 unspecified atom stereocenters. The fourth-order valence-electron chi connectivity index (χ4n) is 4.65. The molecule has 0 bridgehead atoms. The first kappa shape index (κ1) is 25.0. The van der Waals surface area contributed by atoms with Crippen molar-refractivity contribution in [1.82, 2.24) is 0 Å². The summed E-state index contributed by atoms with van der Waals surface area (Å²) in [5.41, 5.74) is -1.24. The van der Waals surface area contributed by atoms with E-state index in [1.807, 2.05) is 0 Å². The minimum absolute atomic E-state index is 0.126. The van der Waals surface area contributed by atoms with E-state index in [1.54, 1.807) is 13.0 Å². The Morgan fingerprint density at radius 2 is 1.61 bits per heavy atom. The van der Waals surface area contributed by atoms with E-state index in [0.717, 1.165) is 20.3 Å². The van der Waals surface area contributed by atoms with E-state index in [1.165, 1.54) is 20.1 Å². The van der Waals surface area contributed by atoms with E-state index in [4.69, 9.17) is 25.8 Å². The van der Waals surface area contributed by atoms with Crippen molar-refractivity contribution < 1.29 is 43.6 Å². The number of aryl methyl sites for hydroxylation is 1. The number of phenols is 2. The van der Waals surface area contributed by atoms with Gasteiger partial charge >= 0.3 is 11.9 Å². The van der Waals surface area contributed by atoms with Gasteiger partial charge in [0.1, 0.15) is 17.2 Å². The zero-order chi connectivity index (χ0) is 26.6. The highest BCUT2D eigenvalue weighted by molar-refractivity contribution is 6.38. The Morgan fingerprint density at radius 1 is 0.944 bits per heavy atom. The van der Waals surface area contributed by atoms with E-state index < -0.39 is 46.5 Å². The molecule has 1 atom stereocenters. The van der Waals surface area contributed by atoms with Crippen molar-refractivity contribution in [3.63, 3.8) is 0 Å². The van der Waals surface area contributed by atoms with Crippen LogP contribution in [0.25, 0.3) is 10.8 Å². The normalized spacial score (nSPS) is 13.2. The summed E-state index contributed by atoms with van der Waals surface area (Å²) in [6.45, 7) is 3.08. The van der Waals surface area contributed by atoms with Gasteiger partial charge in [-0.15, -0.1) is 0 Å². The Labute approximate surface area is 210 Å². The number of carbonyl (C=O) groups is 4. The zero-order valence-electron chi connectivity index (χ0n) is 19.9. The topological polar surface area (TPSA) is 136 Å². The second-order valence-electron chi connectivity index (χ2n) is 8.29. The molecular formula is C26H21ClO9. The predicted octanol–water partition coefficient (Wildman–Crippen LogP) is 4.06.